The second-order valence-corrected chi connectivity index (χ2v) is 8.05. The van der Waals surface area contributed by atoms with E-state index in [0.717, 1.165) is 16.8 Å². The summed E-state index contributed by atoms with van der Waals surface area (Å²) in [6, 6.07) is 19.2. The minimum atomic E-state index is -1.06. The molecule has 4 rings (SSSR count). The Kier molecular flexibility index (Phi) is 4.58. The molecule has 1 fully saturated rings. The van der Waals surface area contributed by atoms with Crippen molar-refractivity contribution in [2.24, 2.45) is 0 Å². The van der Waals surface area contributed by atoms with Crippen molar-refractivity contribution >= 4 is 17.3 Å². The largest absolute Gasteiger partial charge is 0.481 e. The minimum absolute atomic E-state index is 0.385. The maximum Gasteiger partial charge on any atom is 0.314 e. The van der Waals surface area contributed by atoms with Crippen molar-refractivity contribution in [3.05, 3.63) is 76.6 Å². The van der Waals surface area contributed by atoms with Gasteiger partial charge in [-0.1, -0.05) is 60.7 Å². The van der Waals surface area contributed by atoms with Crippen LogP contribution in [-0.2, 0) is 15.8 Å². The summed E-state index contributed by atoms with van der Waals surface area (Å²) in [5.41, 5.74) is 0.674. The van der Waals surface area contributed by atoms with E-state index in [1.54, 1.807) is 0 Å². The number of aromatic nitrogens is 1. The van der Waals surface area contributed by atoms with Gasteiger partial charge < -0.3 is 10.2 Å². The van der Waals surface area contributed by atoms with E-state index in [4.69, 9.17) is 0 Å². The van der Waals surface area contributed by atoms with Gasteiger partial charge in [0.25, 0.3) is 0 Å². The van der Waals surface area contributed by atoms with E-state index in [0.29, 0.717) is 30.7 Å². The summed E-state index contributed by atoms with van der Waals surface area (Å²) in [5.74, 6) is -0.820. The van der Waals surface area contributed by atoms with Crippen LogP contribution in [0.3, 0.4) is 0 Å². The number of hydrogen-bond donors (Lipinski definition) is 2. The van der Waals surface area contributed by atoms with Crippen LogP contribution in [0.2, 0.25) is 0 Å². The van der Waals surface area contributed by atoms with Gasteiger partial charge in [-0.15, -0.1) is 11.3 Å². The maximum atomic E-state index is 12.1. The number of benzene rings is 2. The first-order valence-electron chi connectivity index (χ1n) is 9.06. The second-order valence-electron chi connectivity index (χ2n) is 7.19. The highest BCUT2D eigenvalue weighted by molar-refractivity contribution is 7.10. The summed E-state index contributed by atoms with van der Waals surface area (Å²) in [7, 11) is 0. The van der Waals surface area contributed by atoms with Gasteiger partial charge in [0, 0.05) is 10.9 Å². The quantitative estimate of drug-likeness (QED) is 0.695. The maximum absolute atomic E-state index is 12.1. The van der Waals surface area contributed by atoms with Gasteiger partial charge >= 0.3 is 5.97 Å². The lowest BCUT2D eigenvalue weighted by atomic mass is 9.65. The van der Waals surface area contributed by atoms with Crippen LogP contribution < -0.4 is 0 Å². The van der Waals surface area contributed by atoms with Crippen LogP contribution >= 0.6 is 11.3 Å². The van der Waals surface area contributed by atoms with Gasteiger partial charge in [0.2, 0.25) is 0 Å². The van der Waals surface area contributed by atoms with Crippen LogP contribution in [0.25, 0.3) is 11.3 Å². The summed E-state index contributed by atoms with van der Waals surface area (Å²) in [5, 5.41) is 23.8. The summed E-state index contributed by atoms with van der Waals surface area (Å²) < 4.78 is 0. The molecule has 1 aromatic heterocycles. The fraction of sp³-hybridized carbons (Fsp3) is 0.273. The van der Waals surface area contributed by atoms with Crippen molar-refractivity contribution < 1.29 is 15.0 Å². The fourth-order valence-corrected chi connectivity index (χ4v) is 4.90. The molecule has 1 aliphatic carbocycles. The van der Waals surface area contributed by atoms with Gasteiger partial charge in [-0.2, -0.15) is 0 Å². The van der Waals surface area contributed by atoms with Crippen molar-refractivity contribution in [3.8, 4) is 11.3 Å². The van der Waals surface area contributed by atoms with Crippen molar-refractivity contribution in [1.29, 1.82) is 0 Å². The van der Waals surface area contributed by atoms with Gasteiger partial charge in [0.15, 0.2) is 0 Å². The zero-order valence-electron chi connectivity index (χ0n) is 14.8. The van der Waals surface area contributed by atoms with Gasteiger partial charge in [0.05, 0.1) is 11.1 Å². The van der Waals surface area contributed by atoms with E-state index in [1.165, 1.54) is 11.3 Å². The molecular formula is C22H21NO3S. The number of hydrogen-bond acceptors (Lipinski definition) is 4. The standard InChI is InChI=1S/C22H21NO3S/c24-20(25)21(17-9-5-2-6-10-17)11-13-22(26,14-12-21)19-23-18(15-27-19)16-7-3-1-4-8-16/h1-10,15,26H,11-14H2,(H,24,25). The lowest BCUT2D eigenvalue weighted by Gasteiger charge is -2.41. The van der Waals surface area contributed by atoms with Crippen LogP contribution in [0.15, 0.2) is 66.0 Å². The summed E-state index contributed by atoms with van der Waals surface area (Å²) in [4.78, 5) is 16.8. The smallest absolute Gasteiger partial charge is 0.314 e. The van der Waals surface area contributed by atoms with Crippen molar-refractivity contribution in [2.75, 3.05) is 0 Å². The highest BCUT2D eigenvalue weighted by atomic mass is 32.1. The number of nitrogens with zero attached hydrogens (tertiary/aromatic N) is 1. The molecule has 1 aliphatic rings. The van der Waals surface area contributed by atoms with Gasteiger partial charge in [-0.25, -0.2) is 4.98 Å². The number of carbonyl (C=O) groups is 1. The SMILES string of the molecule is O=C(O)C1(c2ccccc2)CCC(O)(c2nc(-c3ccccc3)cs2)CC1. The monoisotopic (exact) mass is 379 g/mol. The molecule has 3 aromatic rings. The van der Waals surface area contributed by atoms with E-state index < -0.39 is 17.0 Å². The Hall–Kier alpha value is -2.50. The Morgan fingerprint density at radius 2 is 1.52 bits per heavy atom. The topological polar surface area (TPSA) is 70.4 Å². The number of rotatable bonds is 4. The van der Waals surface area contributed by atoms with Gasteiger partial charge in [-0.05, 0) is 31.2 Å². The molecule has 1 saturated carbocycles. The Balaban J connectivity index is 1.59. The average molecular weight is 379 g/mol. The Labute approximate surface area is 162 Å². The van der Waals surface area contributed by atoms with E-state index in [9.17, 15) is 15.0 Å². The third-order valence-electron chi connectivity index (χ3n) is 5.64. The van der Waals surface area contributed by atoms with Crippen LogP contribution in [0, 0.1) is 0 Å². The molecular weight excluding hydrogens is 358 g/mol. The Morgan fingerprint density at radius 3 is 2.11 bits per heavy atom. The average Bonchev–Trinajstić information content (AvgIpc) is 3.21. The highest BCUT2D eigenvalue weighted by Crippen LogP contribution is 2.48. The molecule has 2 aromatic carbocycles. The van der Waals surface area contributed by atoms with E-state index >= 15 is 0 Å². The molecule has 1 heterocycles. The van der Waals surface area contributed by atoms with Crippen molar-refractivity contribution in [3.63, 3.8) is 0 Å². The van der Waals surface area contributed by atoms with Gasteiger partial charge in [0.1, 0.15) is 10.6 Å². The zero-order chi connectivity index (χ0) is 18.9. The molecule has 27 heavy (non-hydrogen) atoms. The fourth-order valence-electron chi connectivity index (χ4n) is 3.92. The van der Waals surface area contributed by atoms with Crippen molar-refractivity contribution in [1.82, 2.24) is 4.98 Å². The highest BCUT2D eigenvalue weighted by Gasteiger charge is 2.49. The van der Waals surface area contributed by atoms with Crippen LogP contribution in [-0.4, -0.2) is 21.2 Å². The number of carboxylic acid groups (broad SMARTS) is 1. The molecule has 0 radical (unpaired) electrons. The molecule has 138 valence electrons. The molecule has 0 spiro atoms. The third-order valence-corrected chi connectivity index (χ3v) is 6.67. The third kappa shape index (κ3) is 3.17. The number of carboxylic acids is 1. The van der Waals surface area contributed by atoms with Crippen molar-refractivity contribution in [2.45, 2.75) is 36.7 Å². The molecule has 4 nitrogen and oxygen atoms in total. The molecule has 0 amide bonds. The number of thiazole rings is 1. The van der Waals surface area contributed by atoms with Crippen LogP contribution in [0.5, 0.6) is 0 Å². The lowest BCUT2D eigenvalue weighted by Crippen LogP contribution is -2.44. The Morgan fingerprint density at radius 1 is 0.926 bits per heavy atom. The first kappa shape index (κ1) is 17.9. The Bertz CT molecular complexity index is 928. The lowest BCUT2D eigenvalue weighted by molar-refractivity contribution is -0.148. The summed E-state index contributed by atoms with van der Waals surface area (Å²) in [6.07, 6.45) is 1.55. The van der Waals surface area contributed by atoms with E-state index in [1.807, 2.05) is 66.0 Å². The molecule has 0 saturated heterocycles. The van der Waals surface area contributed by atoms with Crippen LogP contribution in [0.1, 0.15) is 36.3 Å². The molecule has 2 N–H and O–H groups in total. The molecule has 5 heteroatoms. The molecule has 0 bridgehead atoms. The summed E-state index contributed by atoms with van der Waals surface area (Å²) in [6.45, 7) is 0. The first-order valence-corrected chi connectivity index (χ1v) is 9.94. The van der Waals surface area contributed by atoms with Crippen LogP contribution in [0.4, 0.5) is 0 Å². The molecule has 0 atom stereocenters. The predicted octanol–water partition coefficient (Wildman–Crippen LogP) is 4.59. The minimum Gasteiger partial charge on any atom is -0.481 e. The molecule has 0 aliphatic heterocycles. The molecule has 0 unspecified atom stereocenters. The summed E-state index contributed by atoms with van der Waals surface area (Å²) >= 11 is 1.45. The zero-order valence-corrected chi connectivity index (χ0v) is 15.7. The first-order chi connectivity index (χ1) is 13.0. The van der Waals surface area contributed by atoms with E-state index in [-0.39, 0.29) is 0 Å². The normalized spacial score (nSPS) is 25.2. The second kappa shape index (κ2) is 6.91. The van der Waals surface area contributed by atoms with E-state index in [2.05, 4.69) is 4.98 Å². The number of aliphatic hydroxyl groups is 1. The number of aliphatic carboxylic acids is 1. The predicted molar refractivity (Wildman–Crippen MR) is 106 cm³/mol. The van der Waals surface area contributed by atoms with Gasteiger partial charge in [-0.3, -0.25) is 4.79 Å².